The molecule has 2 aliphatic rings. The number of aliphatic hydroxyl groups is 1. The molecule has 1 aromatic heterocycles. The first-order valence-electron chi connectivity index (χ1n) is 9.43. The van der Waals surface area contributed by atoms with Crippen molar-refractivity contribution in [1.29, 1.82) is 0 Å². The molecular formula is C20H27N3O2S. The van der Waals surface area contributed by atoms with Gasteiger partial charge in [0.2, 0.25) is 0 Å². The monoisotopic (exact) mass is 373 g/mol. The maximum atomic E-state index is 10.4. The minimum absolute atomic E-state index is 0.0518. The zero-order valence-electron chi connectivity index (χ0n) is 15.0. The molecular weight excluding hydrogens is 346 g/mol. The lowest BCUT2D eigenvalue weighted by atomic mass is 9.58. The molecule has 0 amide bonds. The van der Waals surface area contributed by atoms with E-state index in [0.29, 0.717) is 13.2 Å². The molecule has 4 rings (SSSR count). The van der Waals surface area contributed by atoms with Crippen molar-refractivity contribution in [2.24, 2.45) is 11.1 Å². The molecule has 1 aliphatic heterocycles. The predicted molar refractivity (Wildman–Crippen MR) is 104 cm³/mol. The third kappa shape index (κ3) is 3.44. The van der Waals surface area contributed by atoms with Gasteiger partial charge in [0.1, 0.15) is 5.01 Å². The number of hydrogen-bond donors (Lipinski definition) is 2. The van der Waals surface area contributed by atoms with E-state index >= 15 is 0 Å². The Kier molecular flexibility index (Phi) is 5.38. The summed E-state index contributed by atoms with van der Waals surface area (Å²) < 4.78 is 5.88. The molecule has 140 valence electrons. The molecule has 2 atom stereocenters. The van der Waals surface area contributed by atoms with Crippen molar-refractivity contribution >= 4 is 11.3 Å². The molecule has 2 aromatic rings. The summed E-state index contributed by atoms with van der Waals surface area (Å²) in [6.45, 7) is 3.99. The first kappa shape index (κ1) is 18.1. The molecule has 26 heavy (non-hydrogen) atoms. The quantitative estimate of drug-likeness (QED) is 0.814. The van der Waals surface area contributed by atoms with Crippen LogP contribution in [0.25, 0.3) is 11.3 Å². The first-order chi connectivity index (χ1) is 12.7. The molecule has 3 N–H and O–H groups in total. The van der Waals surface area contributed by atoms with Gasteiger partial charge in [-0.3, -0.25) is 4.90 Å². The number of rotatable bonds is 6. The van der Waals surface area contributed by atoms with Gasteiger partial charge in [0, 0.05) is 29.3 Å². The van der Waals surface area contributed by atoms with E-state index in [0.717, 1.165) is 49.6 Å². The van der Waals surface area contributed by atoms with Gasteiger partial charge in [0.25, 0.3) is 0 Å². The average molecular weight is 374 g/mol. The van der Waals surface area contributed by atoms with E-state index in [2.05, 4.69) is 22.4 Å². The Morgan fingerprint density at radius 1 is 1.27 bits per heavy atom. The van der Waals surface area contributed by atoms with E-state index in [1.165, 1.54) is 5.56 Å². The van der Waals surface area contributed by atoms with Crippen molar-refractivity contribution in [2.45, 2.75) is 38.0 Å². The zero-order valence-corrected chi connectivity index (χ0v) is 15.8. The van der Waals surface area contributed by atoms with Gasteiger partial charge in [0.15, 0.2) is 0 Å². The second-order valence-corrected chi connectivity index (χ2v) is 8.34. The van der Waals surface area contributed by atoms with Gasteiger partial charge in [-0.1, -0.05) is 30.3 Å². The third-order valence-corrected chi connectivity index (χ3v) is 6.78. The average Bonchev–Trinajstić information content (AvgIpc) is 3.15. The second-order valence-electron chi connectivity index (χ2n) is 7.40. The smallest absolute Gasteiger partial charge is 0.107 e. The lowest BCUT2D eigenvalue weighted by Crippen LogP contribution is -2.62. The van der Waals surface area contributed by atoms with E-state index < -0.39 is 0 Å². The number of hydrogen-bond acceptors (Lipinski definition) is 6. The van der Waals surface area contributed by atoms with Crippen LogP contribution in [0.5, 0.6) is 0 Å². The van der Waals surface area contributed by atoms with Gasteiger partial charge in [-0.2, -0.15) is 0 Å². The number of nitrogens with two attached hydrogens (primary N) is 1. The van der Waals surface area contributed by atoms with Crippen LogP contribution >= 0.6 is 11.3 Å². The number of ether oxygens (including phenoxy) is 1. The maximum Gasteiger partial charge on any atom is 0.107 e. The Bertz CT molecular complexity index is 713. The molecule has 0 radical (unpaired) electrons. The van der Waals surface area contributed by atoms with Crippen molar-refractivity contribution in [3.8, 4) is 11.3 Å². The fraction of sp³-hybridized carbons (Fsp3) is 0.550. The number of benzene rings is 1. The molecule has 0 unspecified atom stereocenters. The van der Waals surface area contributed by atoms with Crippen LogP contribution < -0.4 is 5.73 Å². The number of aromatic nitrogens is 1. The van der Waals surface area contributed by atoms with Gasteiger partial charge in [-0.15, -0.1) is 11.3 Å². The molecule has 5 nitrogen and oxygen atoms in total. The lowest BCUT2D eigenvalue weighted by Gasteiger charge is -2.56. The predicted octanol–water partition coefficient (Wildman–Crippen LogP) is 2.50. The molecule has 1 saturated carbocycles. The number of aliphatic hydroxyl groups excluding tert-OH is 1. The molecule has 6 heteroatoms. The van der Waals surface area contributed by atoms with Crippen LogP contribution in [0.15, 0.2) is 35.7 Å². The molecule has 1 saturated heterocycles. The molecule has 2 heterocycles. The minimum atomic E-state index is -0.225. The largest absolute Gasteiger partial charge is 0.392 e. The fourth-order valence-corrected chi connectivity index (χ4v) is 5.11. The summed E-state index contributed by atoms with van der Waals surface area (Å²) in [4.78, 5) is 7.25. The highest BCUT2D eigenvalue weighted by atomic mass is 32.1. The van der Waals surface area contributed by atoms with Crippen molar-refractivity contribution < 1.29 is 9.84 Å². The van der Waals surface area contributed by atoms with Crippen LogP contribution in [-0.2, 0) is 11.3 Å². The standard InChI is InChI=1S/C20H27N3O2S/c21-8-11-25-18-12-17(24)20(18)6-9-23(10-7-20)13-19-22-16(14-26-19)15-4-2-1-3-5-15/h1-5,14,17-18,24H,6-13,21H2/t17-,18+/m1/s1. The van der Waals surface area contributed by atoms with Gasteiger partial charge in [-0.25, -0.2) is 4.98 Å². The van der Waals surface area contributed by atoms with Crippen molar-refractivity contribution in [3.63, 3.8) is 0 Å². The summed E-state index contributed by atoms with van der Waals surface area (Å²) in [7, 11) is 0. The highest BCUT2D eigenvalue weighted by Crippen LogP contribution is 2.51. The van der Waals surface area contributed by atoms with Crippen LogP contribution in [-0.4, -0.2) is 53.4 Å². The van der Waals surface area contributed by atoms with Gasteiger partial charge in [0.05, 0.1) is 31.1 Å². The maximum absolute atomic E-state index is 10.4. The molecule has 1 aromatic carbocycles. The molecule has 1 aliphatic carbocycles. The van der Waals surface area contributed by atoms with Gasteiger partial charge in [-0.05, 0) is 25.9 Å². The normalized spacial score (nSPS) is 25.3. The van der Waals surface area contributed by atoms with Crippen molar-refractivity contribution in [1.82, 2.24) is 9.88 Å². The van der Waals surface area contributed by atoms with Crippen LogP contribution in [0.2, 0.25) is 0 Å². The number of thiazole rings is 1. The molecule has 0 bridgehead atoms. The number of nitrogens with zero attached hydrogens (tertiary/aromatic N) is 2. The highest BCUT2D eigenvalue weighted by Gasteiger charge is 2.56. The Labute approximate surface area is 158 Å². The summed E-state index contributed by atoms with van der Waals surface area (Å²) in [6, 6.07) is 10.3. The number of likely N-dealkylation sites (tertiary alicyclic amines) is 1. The van der Waals surface area contributed by atoms with E-state index in [1.807, 2.05) is 18.2 Å². The Morgan fingerprint density at radius 3 is 2.73 bits per heavy atom. The number of piperidine rings is 1. The minimum Gasteiger partial charge on any atom is -0.392 e. The van der Waals surface area contributed by atoms with Gasteiger partial charge < -0.3 is 15.6 Å². The van der Waals surface area contributed by atoms with Crippen molar-refractivity contribution in [3.05, 3.63) is 40.7 Å². The van der Waals surface area contributed by atoms with E-state index in [1.54, 1.807) is 11.3 Å². The Morgan fingerprint density at radius 2 is 2.04 bits per heavy atom. The summed E-state index contributed by atoms with van der Waals surface area (Å²) in [5.41, 5.74) is 7.74. The van der Waals surface area contributed by atoms with Crippen molar-refractivity contribution in [2.75, 3.05) is 26.2 Å². The molecule has 1 spiro atoms. The van der Waals surface area contributed by atoms with Crippen LogP contribution in [0.4, 0.5) is 0 Å². The zero-order chi connectivity index (χ0) is 18.0. The lowest BCUT2D eigenvalue weighted by molar-refractivity contribution is -0.210. The van der Waals surface area contributed by atoms with E-state index in [-0.39, 0.29) is 17.6 Å². The fourth-order valence-electron chi connectivity index (χ4n) is 4.27. The van der Waals surface area contributed by atoms with Crippen LogP contribution in [0, 0.1) is 5.41 Å². The Balaban J connectivity index is 1.34. The summed E-state index contributed by atoms with van der Waals surface area (Å²) in [5, 5.41) is 13.7. The van der Waals surface area contributed by atoms with Gasteiger partial charge >= 0.3 is 0 Å². The third-order valence-electron chi connectivity index (χ3n) is 5.95. The van der Waals surface area contributed by atoms with E-state index in [9.17, 15) is 5.11 Å². The summed E-state index contributed by atoms with van der Waals surface area (Å²) in [5.74, 6) is 0. The Hall–Kier alpha value is -1.31. The second kappa shape index (κ2) is 7.74. The molecule has 2 fully saturated rings. The van der Waals surface area contributed by atoms with Crippen LogP contribution in [0.1, 0.15) is 24.3 Å². The first-order valence-corrected chi connectivity index (χ1v) is 10.3. The summed E-state index contributed by atoms with van der Waals surface area (Å²) >= 11 is 1.73. The SMILES string of the molecule is NCCO[C@H]1C[C@@H](O)C12CCN(Cc1nc(-c3ccccc3)cs1)CC2. The van der Waals surface area contributed by atoms with E-state index in [4.69, 9.17) is 15.5 Å². The summed E-state index contributed by atoms with van der Waals surface area (Å²) in [6.07, 6.45) is 2.68. The highest BCUT2D eigenvalue weighted by molar-refractivity contribution is 7.09. The topological polar surface area (TPSA) is 71.6 Å². The van der Waals surface area contributed by atoms with Crippen LogP contribution in [0.3, 0.4) is 0 Å².